The summed E-state index contributed by atoms with van der Waals surface area (Å²) in [4.78, 5) is 6.35. The average molecular weight is 195 g/mol. The fourth-order valence-corrected chi connectivity index (χ4v) is 1.07. The lowest BCUT2D eigenvalue weighted by atomic mass is 10.3. The van der Waals surface area contributed by atoms with E-state index in [4.69, 9.17) is 10.5 Å². The SMILES string of the molecule is COc1nc(N(C)C(C)C)ccc1N. The van der Waals surface area contributed by atoms with E-state index < -0.39 is 0 Å². The zero-order chi connectivity index (χ0) is 10.7. The lowest BCUT2D eigenvalue weighted by Gasteiger charge is -2.22. The summed E-state index contributed by atoms with van der Waals surface area (Å²) in [6.45, 7) is 4.20. The van der Waals surface area contributed by atoms with E-state index in [9.17, 15) is 0 Å². The molecule has 0 bridgehead atoms. The van der Waals surface area contributed by atoms with Gasteiger partial charge in [0.2, 0.25) is 5.88 Å². The van der Waals surface area contributed by atoms with Crippen LogP contribution in [-0.2, 0) is 0 Å². The van der Waals surface area contributed by atoms with Gasteiger partial charge in [-0.15, -0.1) is 0 Å². The number of nitrogens with two attached hydrogens (primary N) is 1. The van der Waals surface area contributed by atoms with Crippen LogP contribution in [-0.4, -0.2) is 25.2 Å². The van der Waals surface area contributed by atoms with Gasteiger partial charge in [0.1, 0.15) is 5.82 Å². The van der Waals surface area contributed by atoms with E-state index in [1.807, 2.05) is 13.1 Å². The van der Waals surface area contributed by atoms with Gasteiger partial charge in [-0.25, -0.2) is 0 Å². The number of methoxy groups -OCH3 is 1. The van der Waals surface area contributed by atoms with Crippen LogP contribution in [0.15, 0.2) is 12.1 Å². The summed E-state index contributed by atoms with van der Waals surface area (Å²) in [5, 5.41) is 0. The lowest BCUT2D eigenvalue weighted by molar-refractivity contribution is 0.400. The van der Waals surface area contributed by atoms with Crippen molar-refractivity contribution in [1.29, 1.82) is 0 Å². The van der Waals surface area contributed by atoms with E-state index in [1.54, 1.807) is 13.2 Å². The van der Waals surface area contributed by atoms with Crippen LogP contribution in [0, 0.1) is 0 Å². The lowest BCUT2D eigenvalue weighted by Crippen LogP contribution is -2.26. The number of pyridine rings is 1. The summed E-state index contributed by atoms with van der Waals surface area (Å²) in [5.41, 5.74) is 6.23. The van der Waals surface area contributed by atoms with Crippen LogP contribution >= 0.6 is 0 Å². The van der Waals surface area contributed by atoms with E-state index in [0.29, 0.717) is 17.6 Å². The molecule has 0 aliphatic rings. The Bertz CT molecular complexity index is 312. The molecule has 0 radical (unpaired) electrons. The third kappa shape index (κ3) is 2.07. The fraction of sp³-hybridized carbons (Fsp3) is 0.500. The standard InChI is InChI=1S/C10H17N3O/c1-7(2)13(3)9-6-5-8(11)10(12-9)14-4/h5-7H,11H2,1-4H3. The number of rotatable bonds is 3. The molecule has 0 fully saturated rings. The first-order chi connectivity index (χ1) is 6.56. The molecule has 0 aromatic carbocycles. The quantitative estimate of drug-likeness (QED) is 0.794. The zero-order valence-electron chi connectivity index (χ0n) is 9.11. The minimum atomic E-state index is 0.399. The van der Waals surface area contributed by atoms with Crippen LogP contribution in [0.25, 0.3) is 0 Å². The molecular formula is C10H17N3O. The van der Waals surface area contributed by atoms with Crippen molar-refractivity contribution in [3.05, 3.63) is 12.1 Å². The number of ether oxygens (including phenoxy) is 1. The first-order valence-electron chi connectivity index (χ1n) is 4.59. The maximum Gasteiger partial charge on any atom is 0.238 e. The number of hydrogen-bond acceptors (Lipinski definition) is 4. The summed E-state index contributed by atoms with van der Waals surface area (Å²) in [6.07, 6.45) is 0. The summed E-state index contributed by atoms with van der Waals surface area (Å²) < 4.78 is 5.05. The van der Waals surface area contributed by atoms with Gasteiger partial charge >= 0.3 is 0 Å². The number of nitrogens with zero attached hydrogens (tertiary/aromatic N) is 2. The molecule has 2 N–H and O–H groups in total. The Kier molecular flexibility index (Phi) is 3.17. The molecule has 1 aromatic heterocycles. The van der Waals surface area contributed by atoms with Crippen molar-refractivity contribution in [1.82, 2.24) is 4.98 Å². The van der Waals surface area contributed by atoms with Crippen molar-refractivity contribution in [3.8, 4) is 5.88 Å². The Labute approximate surface area is 84.7 Å². The Hall–Kier alpha value is -1.45. The highest BCUT2D eigenvalue weighted by Crippen LogP contribution is 2.22. The number of aromatic nitrogens is 1. The summed E-state index contributed by atoms with van der Waals surface area (Å²) in [6, 6.07) is 4.09. The molecule has 0 amide bonds. The molecule has 4 heteroatoms. The smallest absolute Gasteiger partial charge is 0.238 e. The largest absolute Gasteiger partial charge is 0.479 e. The fourth-order valence-electron chi connectivity index (χ4n) is 1.07. The number of hydrogen-bond donors (Lipinski definition) is 1. The van der Waals surface area contributed by atoms with Gasteiger partial charge in [0.15, 0.2) is 0 Å². The average Bonchev–Trinajstić information content (AvgIpc) is 2.17. The molecule has 0 atom stereocenters. The molecule has 0 saturated heterocycles. The van der Waals surface area contributed by atoms with Crippen LogP contribution in [0.2, 0.25) is 0 Å². The highest BCUT2D eigenvalue weighted by atomic mass is 16.5. The third-order valence-corrected chi connectivity index (χ3v) is 2.20. The van der Waals surface area contributed by atoms with Crippen molar-refractivity contribution in [3.63, 3.8) is 0 Å². The Morgan fingerprint density at radius 1 is 1.43 bits per heavy atom. The van der Waals surface area contributed by atoms with Crippen molar-refractivity contribution in [2.24, 2.45) is 0 Å². The first kappa shape index (κ1) is 10.6. The minimum absolute atomic E-state index is 0.399. The molecule has 78 valence electrons. The monoisotopic (exact) mass is 195 g/mol. The van der Waals surface area contributed by atoms with Crippen LogP contribution in [0.5, 0.6) is 5.88 Å². The highest BCUT2D eigenvalue weighted by Gasteiger charge is 2.09. The van der Waals surface area contributed by atoms with Gasteiger partial charge in [-0.2, -0.15) is 4.98 Å². The molecule has 1 rings (SSSR count). The van der Waals surface area contributed by atoms with Gasteiger partial charge in [-0.1, -0.05) is 0 Å². The van der Waals surface area contributed by atoms with E-state index in [-0.39, 0.29) is 0 Å². The van der Waals surface area contributed by atoms with Crippen molar-refractivity contribution >= 4 is 11.5 Å². The van der Waals surface area contributed by atoms with Crippen molar-refractivity contribution in [2.45, 2.75) is 19.9 Å². The van der Waals surface area contributed by atoms with E-state index in [1.165, 1.54) is 0 Å². The van der Waals surface area contributed by atoms with Gasteiger partial charge < -0.3 is 15.4 Å². The summed E-state index contributed by atoms with van der Waals surface area (Å²) in [5.74, 6) is 1.35. The topological polar surface area (TPSA) is 51.4 Å². The number of nitrogen functional groups attached to an aromatic ring is 1. The van der Waals surface area contributed by atoms with Gasteiger partial charge in [0.05, 0.1) is 12.8 Å². The van der Waals surface area contributed by atoms with Gasteiger partial charge in [-0.05, 0) is 26.0 Å². The normalized spacial score (nSPS) is 10.4. The molecular weight excluding hydrogens is 178 g/mol. The van der Waals surface area contributed by atoms with E-state index >= 15 is 0 Å². The second-order valence-corrected chi connectivity index (χ2v) is 3.47. The molecule has 0 unspecified atom stereocenters. The van der Waals surface area contributed by atoms with Crippen LogP contribution in [0.3, 0.4) is 0 Å². The summed E-state index contributed by atoms with van der Waals surface area (Å²) in [7, 11) is 3.56. The van der Waals surface area contributed by atoms with Gasteiger partial charge in [0.25, 0.3) is 0 Å². The Morgan fingerprint density at radius 3 is 2.57 bits per heavy atom. The maximum atomic E-state index is 5.67. The molecule has 1 heterocycles. The van der Waals surface area contributed by atoms with Crippen molar-refractivity contribution in [2.75, 3.05) is 24.8 Å². The molecule has 1 aromatic rings. The molecule has 0 aliphatic heterocycles. The molecule has 0 aliphatic carbocycles. The van der Waals surface area contributed by atoms with Crippen LogP contribution in [0.1, 0.15) is 13.8 Å². The predicted octanol–water partition coefficient (Wildman–Crippen LogP) is 1.52. The van der Waals surface area contributed by atoms with E-state index in [2.05, 4.69) is 23.7 Å². The minimum Gasteiger partial charge on any atom is -0.479 e. The van der Waals surface area contributed by atoms with Crippen LogP contribution < -0.4 is 15.4 Å². The molecule has 14 heavy (non-hydrogen) atoms. The molecule has 4 nitrogen and oxygen atoms in total. The van der Waals surface area contributed by atoms with Crippen molar-refractivity contribution < 1.29 is 4.74 Å². The Morgan fingerprint density at radius 2 is 2.07 bits per heavy atom. The molecule has 0 saturated carbocycles. The zero-order valence-corrected chi connectivity index (χ0v) is 9.11. The second kappa shape index (κ2) is 4.17. The molecule has 0 spiro atoms. The van der Waals surface area contributed by atoms with Gasteiger partial charge in [0, 0.05) is 13.1 Å². The van der Waals surface area contributed by atoms with Gasteiger partial charge in [-0.3, -0.25) is 0 Å². The second-order valence-electron chi connectivity index (χ2n) is 3.47. The first-order valence-corrected chi connectivity index (χ1v) is 4.59. The maximum absolute atomic E-state index is 5.67. The number of anilines is 2. The highest BCUT2D eigenvalue weighted by molar-refractivity contribution is 5.54. The Balaban J connectivity index is 3.00. The third-order valence-electron chi connectivity index (χ3n) is 2.20. The predicted molar refractivity (Wildman–Crippen MR) is 58.7 cm³/mol. The van der Waals surface area contributed by atoms with Crippen LogP contribution in [0.4, 0.5) is 11.5 Å². The van der Waals surface area contributed by atoms with E-state index in [0.717, 1.165) is 5.82 Å². The summed E-state index contributed by atoms with van der Waals surface area (Å²) >= 11 is 0.